The third kappa shape index (κ3) is 9.82. The minimum Gasteiger partial charge on any atom is -0.496 e. The summed E-state index contributed by atoms with van der Waals surface area (Å²) in [5.41, 5.74) is 3.19. The summed E-state index contributed by atoms with van der Waals surface area (Å²) in [6, 6.07) is 9.13. The van der Waals surface area contributed by atoms with Gasteiger partial charge < -0.3 is 45.5 Å². The van der Waals surface area contributed by atoms with Gasteiger partial charge >= 0.3 is 0 Å². The van der Waals surface area contributed by atoms with Gasteiger partial charge in [-0.1, -0.05) is 19.9 Å². The van der Waals surface area contributed by atoms with Crippen molar-refractivity contribution in [1.82, 2.24) is 40.8 Å². The molecule has 17 heteroatoms. The Morgan fingerprint density at radius 1 is 0.897 bits per heavy atom. The summed E-state index contributed by atoms with van der Waals surface area (Å²) in [7, 11) is 2.95. The van der Waals surface area contributed by atoms with Crippen LogP contribution in [0.4, 0.5) is 0 Å². The fourth-order valence-electron chi connectivity index (χ4n) is 6.70. The Kier molecular flexibility index (Phi) is 13.9. The second-order valence-corrected chi connectivity index (χ2v) is 14.6. The van der Waals surface area contributed by atoms with Crippen LogP contribution >= 0.6 is 0 Å². The molecule has 0 spiro atoms. The maximum Gasteiger partial charge on any atom is 0.260 e. The Bertz CT molecular complexity index is 2180. The number of hydrogen-bond acceptors (Lipinski definition) is 11. The van der Waals surface area contributed by atoms with Gasteiger partial charge in [0.1, 0.15) is 29.1 Å². The second-order valence-electron chi connectivity index (χ2n) is 14.6. The summed E-state index contributed by atoms with van der Waals surface area (Å²) < 4.78 is 19.0. The third-order valence-electron chi connectivity index (χ3n) is 9.77. The summed E-state index contributed by atoms with van der Waals surface area (Å²) in [5, 5.41) is 26.2. The van der Waals surface area contributed by atoms with E-state index in [-0.39, 0.29) is 36.9 Å². The van der Waals surface area contributed by atoms with Crippen molar-refractivity contribution >= 4 is 35.2 Å². The molecule has 0 saturated carbocycles. The Labute approximate surface area is 336 Å². The molecule has 0 radical (unpaired) electrons. The van der Waals surface area contributed by atoms with Crippen LogP contribution in [0.3, 0.4) is 0 Å². The van der Waals surface area contributed by atoms with Crippen molar-refractivity contribution in [2.45, 2.75) is 79.1 Å². The summed E-state index contributed by atoms with van der Waals surface area (Å²) in [6.07, 6.45) is -0.559. The third-order valence-corrected chi connectivity index (χ3v) is 9.77. The normalized spacial score (nSPS) is 18.3. The lowest BCUT2D eigenvalue weighted by Gasteiger charge is -2.28. The van der Waals surface area contributed by atoms with Crippen molar-refractivity contribution < 1.29 is 43.3 Å². The fraction of sp³-hybridized carbons (Fsp3) is 0.439. The number of aliphatic hydroxyl groups is 1. The Balaban J connectivity index is 1.49. The molecule has 58 heavy (non-hydrogen) atoms. The number of methoxy groups -OCH3 is 2. The van der Waals surface area contributed by atoms with Gasteiger partial charge in [-0.25, -0.2) is 9.50 Å². The molecule has 2 aromatic carbocycles. The van der Waals surface area contributed by atoms with Gasteiger partial charge in [-0.05, 0) is 82.9 Å². The Morgan fingerprint density at radius 3 is 2.33 bits per heavy atom. The largest absolute Gasteiger partial charge is 0.496 e. The average Bonchev–Trinajstić information content (AvgIpc) is 3.52. The van der Waals surface area contributed by atoms with Crippen LogP contribution in [-0.4, -0.2) is 106 Å². The molecule has 1 aliphatic heterocycles. The van der Waals surface area contributed by atoms with Gasteiger partial charge in [0.2, 0.25) is 17.7 Å². The highest BCUT2D eigenvalue weighted by Gasteiger charge is 2.33. The van der Waals surface area contributed by atoms with Gasteiger partial charge in [0.15, 0.2) is 17.1 Å². The number of hydrogen-bond donors (Lipinski definition) is 5. The second kappa shape index (κ2) is 18.8. The molecule has 3 atom stereocenters. The summed E-state index contributed by atoms with van der Waals surface area (Å²) in [6.45, 7) is 9.93. The number of benzene rings is 2. The van der Waals surface area contributed by atoms with Crippen LogP contribution in [0.2, 0.25) is 0 Å². The molecule has 4 aromatic rings. The van der Waals surface area contributed by atoms with Crippen LogP contribution in [-0.2, 0) is 20.9 Å². The van der Waals surface area contributed by atoms with Gasteiger partial charge in [-0.2, -0.15) is 5.10 Å². The molecule has 5 N–H and O–H groups in total. The van der Waals surface area contributed by atoms with E-state index in [4.69, 9.17) is 14.2 Å². The van der Waals surface area contributed by atoms with Crippen molar-refractivity contribution in [3.63, 3.8) is 0 Å². The van der Waals surface area contributed by atoms with Crippen molar-refractivity contribution in [1.29, 1.82) is 0 Å². The van der Waals surface area contributed by atoms with Gasteiger partial charge in [-0.3, -0.25) is 24.0 Å². The smallest absolute Gasteiger partial charge is 0.260 e. The van der Waals surface area contributed by atoms with E-state index in [0.29, 0.717) is 58.3 Å². The number of nitrogens with zero attached hydrogens (tertiary/aromatic N) is 4. The van der Waals surface area contributed by atoms with E-state index in [1.165, 1.54) is 26.0 Å². The molecule has 3 heterocycles. The van der Waals surface area contributed by atoms with Crippen molar-refractivity contribution in [3.8, 4) is 23.0 Å². The van der Waals surface area contributed by atoms with Crippen LogP contribution in [0, 0.1) is 26.7 Å². The maximum absolute atomic E-state index is 14.3. The predicted octanol–water partition coefficient (Wildman–Crippen LogP) is 2.75. The molecule has 0 unspecified atom stereocenters. The molecule has 310 valence electrons. The zero-order chi connectivity index (χ0) is 42.3. The highest BCUT2D eigenvalue weighted by molar-refractivity contribution is 6.03. The topological polar surface area (TPSA) is 215 Å². The van der Waals surface area contributed by atoms with E-state index in [1.54, 1.807) is 68.6 Å². The molecule has 2 aromatic heterocycles. The first-order valence-corrected chi connectivity index (χ1v) is 19.1. The number of aryl methyl sites for hydroxylation is 3. The highest BCUT2D eigenvalue weighted by atomic mass is 16.5. The first-order valence-electron chi connectivity index (χ1n) is 19.1. The molecule has 0 saturated heterocycles. The molecule has 5 rings (SSSR count). The van der Waals surface area contributed by atoms with E-state index in [2.05, 4.69) is 31.3 Å². The molecule has 2 bridgehead atoms. The van der Waals surface area contributed by atoms with Gasteiger partial charge in [0.05, 0.1) is 44.7 Å². The SMILES string of the molecule is COc1ccc2cc1Oc1cccc(OC)c1CNC(=O)[C@@H](C(C)C)NC(=O)[C@H]([C@@H](C)O)NC(=O)CN(C(=O)c1c(C)nn3c(C)cc(C)nc13)CCCCNC2=O. The number of aliphatic hydroxyl groups excluding tert-OH is 1. The molecule has 0 aliphatic carbocycles. The summed E-state index contributed by atoms with van der Waals surface area (Å²) in [4.78, 5) is 74.7. The lowest BCUT2D eigenvalue weighted by Crippen LogP contribution is -2.59. The monoisotopic (exact) mass is 800 g/mol. The number of ether oxygens (including phenoxy) is 3. The molecule has 1 aliphatic rings. The lowest BCUT2D eigenvalue weighted by atomic mass is 10.0. The van der Waals surface area contributed by atoms with Crippen molar-refractivity contribution in [2.24, 2.45) is 5.92 Å². The average molecular weight is 801 g/mol. The number of amides is 5. The first kappa shape index (κ1) is 42.9. The van der Waals surface area contributed by atoms with E-state index < -0.39 is 54.3 Å². The zero-order valence-electron chi connectivity index (χ0n) is 34.1. The van der Waals surface area contributed by atoms with E-state index >= 15 is 0 Å². The van der Waals surface area contributed by atoms with Crippen molar-refractivity contribution in [2.75, 3.05) is 33.9 Å². The maximum atomic E-state index is 14.3. The van der Waals surface area contributed by atoms with Crippen LogP contribution in [0.15, 0.2) is 42.5 Å². The van der Waals surface area contributed by atoms with Crippen molar-refractivity contribution in [3.05, 3.63) is 76.2 Å². The molecular formula is C41H52N8O9. The van der Waals surface area contributed by atoms with Gasteiger partial charge in [0, 0.05) is 30.0 Å². The van der Waals surface area contributed by atoms with E-state index in [1.807, 2.05) is 13.0 Å². The number of carbonyl (C=O) groups excluding carboxylic acids is 5. The van der Waals surface area contributed by atoms with Crippen LogP contribution in [0.5, 0.6) is 23.0 Å². The summed E-state index contributed by atoms with van der Waals surface area (Å²) >= 11 is 0. The number of nitrogens with one attached hydrogen (secondary N) is 4. The van der Waals surface area contributed by atoms with Crippen LogP contribution in [0.1, 0.15) is 77.0 Å². The lowest BCUT2D eigenvalue weighted by molar-refractivity contribution is -0.135. The summed E-state index contributed by atoms with van der Waals surface area (Å²) in [5.74, 6) is -2.07. The van der Waals surface area contributed by atoms with E-state index in [0.717, 1.165) is 5.69 Å². The number of fused-ring (bicyclic) bond motifs is 4. The Morgan fingerprint density at radius 2 is 1.64 bits per heavy atom. The Hall–Kier alpha value is -6.23. The standard InChI is InChI=1S/C41H52N8O9/c1-22(2)35-39(53)43-20-28-29(56-7)12-11-13-30(28)58-32-19-27(14-15-31(32)57-8)38(52)42-16-9-10-17-48(21-33(51)45-36(26(6)50)40(54)46-35)41(55)34-25(5)47-49-24(4)18-23(3)44-37(34)49/h11-15,18-19,22,26,35-36,50H,9-10,16-17,20-21H2,1-8H3,(H,42,52)(H,43,53)(H,45,51)(H,46,54)/t26-,35-,36+/m1/s1. The highest BCUT2D eigenvalue weighted by Crippen LogP contribution is 2.37. The number of aromatic nitrogens is 3. The molecule has 0 fully saturated rings. The minimum atomic E-state index is -1.47. The molecule has 5 amide bonds. The minimum absolute atomic E-state index is 0.0823. The molecule has 17 nitrogen and oxygen atoms in total. The van der Waals surface area contributed by atoms with Crippen LogP contribution in [0.25, 0.3) is 5.65 Å². The fourth-order valence-corrected chi connectivity index (χ4v) is 6.70. The predicted molar refractivity (Wildman–Crippen MR) is 213 cm³/mol. The quantitative estimate of drug-likeness (QED) is 0.198. The van der Waals surface area contributed by atoms with Crippen LogP contribution < -0.4 is 35.5 Å². The van der Waals surface area contributed by atoms with Gasteiger partial charge in [-0.15, -0.1) is 0 Å². The first-order chi connectivity index (χ1) is 27.6. The number of rotatable bonds is 5. The zero-order valence-corrected chi connectivity index (χ0v) is 34.1. The number of carbonyl (C=O) groups is 5. The van der Waals surface area contributed by atoms with E-state index in [9.17, 15) is 29.1 Å². The van der Waals surface area contributed by atoms with Gasteiger partial charge in [0.25, 0.3) is 11.8 Å². The molecular weight excluding hydrogens is 748 g/mol.